The fourth-order valence-corrected chi connectivity index (χ4v) is 2.63. The number of aromatic nitrogens is 1. The number of fused-ring (bicyclic) bond motifs is 1. The van der Waals surface area contributed by atoms with Gasteiger partial charge in [0, 0.05) is 18.3 Å². The van der Waals surface area contributed by atoms with E-state index in [2.05, 4.69) is 10.3 Å². The number of nitrogens with one attached hydrogen (secondary N) is 1. The van der Waals surface area contributed by atoms with Crippen molar-refractivity contribution in [3.05, 3.63) is 48.2 Å². The maximum atomic E-state index is 12.3. The second-order valence-electron chi connectivity index (χ2n) is 5.49. The van der Waals surface area contributed by atoms with Gasteiger partial charge >= 0.3 is 0 Å². The molecule has 0 unspecified atom stereocenters. The fraction of sp³-hybridized carbons (Fsp3) is 0.278. The van der Waals surface area contributed by atoms with Gasteiger partial charge in [-0.05, 0) is 18.2 Å². The molecule has 0 spiro atoms. The molecular formula is C18H19N3O4. The first-order chi connectivity index (χ1) is 12.2. The Bertz CT molecular complexity index is 778. The van der Waals surface area contributed by atoms with Gasteiger partial charge < -0.3 is 14.8 Å². The number of para-hydroxylation sites is 2. The standard InChI is InChI=1S/C18H19N3O4/c1-24-18-13(5-4-9-19-18)11-20-16(22)12-21-14-6-2-3-7-15(14)25-10-8-17(21)23/h2-7,9H,8,10-12H2,1H3,(H,20,22). The quantitative estimate of drug-likeness (QED) is 0.892. The van der Waals surface area contributed by atoms with Crippen molar-refractivity contribution in [2.45, 2.75) is 13.0 Å². The molecule has 3 rings (SSSR count). The molecule has 0 radical (unpaired) electrons. The number of nitrogens with zero attached hydrogens (tertiary/aromatic N) is 2. The molecule has 1 aromatic carbocycles. The number of anilines is 1. The lowest BCUT2D eigenvalue weighted by atomic mass is 10.2. The first kappa shape index (κ1) is 16.8. The summed E-state index contributed by atoms with van der Waals surface area (Å²) in [6.07, 6.45) is 1.86. The van der Waals surface area contributed by atoms with Crippen LogP contribution in [0.2, 0.25) is 0 Å². The molecule has 25 heavy (non-hydrogen) atoms. The van der Waals surface area contributed by atoms with Gasteiger partial charge in [-0.25, -0.2) is 4.98 Å². The minimum atomic E-state index is -0.268. The molecule has 1 aliphatic heterocycles. The second-order valence-corrected chi connectivity index (χ2v) is 5.49. The Morgan fingerprint density at radius 2 is 2.16 bits per heavy atom. The van der Waals surface area contributed by atoms with Gasteiger partial charge in [0.2, 0.25) is 17.7 Å². The number of hydrogen-bond acceptors (Lipinski definition) is 5. The van der Waals surface area contributed by atoms with Gasteiger partial charge in [-0.15, -0.1) is 0 Å². The second kappa shape index (κ2) is 7.65. The third kappa shape index (κ3) is 3.88. The van der Waals surface area contributed by atoms with Gasteiger partial charge in [0.25, 0.3) is 0 Å². The predicted molar refractivity (Wildman–Crippen MR) is 91.5 cm³/mol. The fourth-order valence-electron chi connectivity index (χ4n) is 2.63. The molecule has 7 nitrogen and oxygen atoms in total. The van der Waals surface area contributed by atoms with Crippen LogP contribution < -0.4 is 19.7 Å². The molecule has 1 aromatic heterocycles. The molecule has 0 saturated heterocycles. The van der Waals surface area contributed by atoms with Crippen molar-refractivity contribution in [1.82, 2.24) is 10.3 Å². The van der Waals surface area contributed by atoms with Crippen LogP contribution >= 0.6 is 0 Å². The number of carbonyl (C=O) groups is 2. The van der Waals surface area contributed by atoms with Crippen LogP contribution in [0.5, 0.6) is 11.6 Å². The number of methoxy groups -OCH3 is 1. The first-order valence-corrected chi connectivity index (χ1v) is 7.96. The topological polar surface area (TPSA) is 80.8 Å². The maximum absolute atomic E-state index is 12.3. The van der Waals surface area contributed by atoms with Gasteiger partial charge in [0.15, 0.2) is 0 Å². The smallest absolute Gasteiger partial charge is 0.240 e. The molecule has 0 fully saturated rings. The van der Waals surface area contributed by atoms with Crippen LogP contribution in [0.4, 0.5) is 5.69 Å². The Hall–Kier alpha value is -3.09. The molecule has 0 saturated carbocycles. The number of benzene rings is 1. The minimum absolute atomic E-state index is 0.0677. The summed E-state index contributed by atoms with van der Waals surface area (Å²) in [7, 11) is 1.53. The normalized spacial score (nSPS) is 13.5. The Balaban J connectivity index is 1.69. The van der Waals surface area contributed by atoms with E-state index in [0.717, 1.165) is 5.56 Å². The molecule has 2 aromatic rings. The van der Waals surface area contributed by atoms with Gasteiger partial charge in [-0.2, -0.15) is 0 Å². The molecule has 130 valence electrons. The van der Waals surface area contributed by atoms with E-state index < -0.39 is 0 Å². The van der Waals surface area contributed by atoms with Crippen LogP contribution in [0, 0.1) is 0 Å². The van der Waals surface area contributed by atoms with Crippen molar-refractivity contribution in [1.29, 1.82) is 0 Å². The lowest BCUT2D eigenvalue weighted by molar-refractivity contribution is -0.124. The monoisotopic (exact) mass is 341 g/mol. The largest absolute Gasteiger partial charge is 0.491 e. The van der Waals surface area contributed by atoms with Crippen LogP contribution in [0.1, 0.15) is 12.0 Å². The SMILES string of the molecule is COc1ncccc1CNC(=O)CN1C(=O)CCOc2ccccc21. The van der Waals surface area contributed by atoms with Crippen molar-refractivity contribution < 1.29 is 19.1 Å². The number of hydrogen-bond donors (Lipinski definition) is 1. The highest BCUT2D eigenvalue weighted by Gasteiger charge is 2.24. The summed E-state index contributed by atoms with van der Waals surface area (Å²) in [6, 6.07) is 10.8. The molecule has 2 heterocycles. The molecular weight excluding hydrogens is 322 g/mol. The van der Waals surface area contributed by atoms with E-state index >= 15 is 0 Å². The Morgan fingerprint density at radius 1 is 1.32 bits per heavy atom. The highest BCUT2D eigenvalue weighted by molar-refractivity contribution is 6.00. The zero-order valence-corrected chi connectivity index (χ0v) is 13.9. The summed E-state index contributed by atoms with van der Waals surface area (Å²) in [5.74, 6) is 0.664. The number of rotatable bonds is 5. The molecule has 1 aliphatic rings. The predicted octanol–water partition coefficient (Wildman–Crippen LogP) is 1.52. The summed E-state index contributed by atoms with van der Waals surface area (Å²) >= 11 is 0. The summed E-state index contributed by atoms with van der Waals surface area (Å²) in [6.45, 7) is 0.513. The van der Waals surface area contributed by atoms with E-state index in [0.29, 0.717) is 23.9 Å². The summed E-state index contributed by atoms with van der Waals surface area (Å²) in [5, 5.41) is 2.80. The van der Waals surface area contributed by atoms with Gasteiger partial charge in [0.05, 0.1) is 25.8 Å². The van der Waals surface area contributed by atoms with Crippen LogP contribution in [0.3, 0.4) is 0 Å². The van der Waals surface area contributed by atoms with E-state index in [1.54, 1.807) is 24.4 Å². The van der Waals surface area contributed by atoms with Crippen molar-refractivity contribution in [2.75, 3.05) is 25.2 Å². The molecule has 0 atom stereocenters. The zero-order chi connectivity index (χ0) is 17.6. The van der Waals surface area contributed by atoms with E-state index in [9.17, 15) is 9.59 Å². The van der Waals surface area contributed by atoms with Gasteiger partial charge in [0.1, 0.15) is 12.3 Å². The van der Waals surface area contributed by atoms with E-state index in [1.165, 1.54) is 12.0 Å². The highest BCUT2D eigenvalue weighted by atomic mass is 16.5. The lowest BCUT2D eigenvalue weighted by Gasteiger charge is -2.21. The van der Waals surface area contributed by atoms with Crippen LogP contribution in [0.15, 0.2) is 42.6 Å². The number of carbonyl (C=O) groups excluding carboxylic acids is 2. The van der Waals surface area contributed by atoms with E-state index in [1.807, 2.05) is 18.2 Å². The van der Waals surface area contributed by atoms with Gasteiger partial charge in [-0.1, -0.05) is 18.2 Å². The third-order valence-corrected chi connectivity index (χ3v) is 3.85. The van der Waals surface area contributed by atoms with Crippen molar-refractivity contribution in [2.24, 2.45) is 0 Å². The lowest BCUT2D eigenvalue weighted by Crippen LogP contribution is -2.40. The average molecular weight is 341 g/mol. The average Bonchev–Trinajstić information content (AvgIpc) is 2.79. The molecule has 0 bridgehead atoms. The van der Waals surface area contributed by atoms with Crippen LogP contribution in [-0.2, 0) is 16.1 Å². The van der Waals surface area contributed by atoms with Crippen molar-refractivity contribution in [3.63, 3.8) is 0 Å². The Kier molecular flexibility index (Phi) is 5.13. The van der Waals surface area contributed by atoms with Crippen molar-refractivity contribution >= 4 is 17.5 Å². The number of amides is 2. The molecule has 1 N–H and O–H groups in total. The summed E-state index contributed by atoms with van der Waals surface area (Å²) in [5.41, 5.74) is 1.38. The molecule has 7 heteroatoms. The van der Waals surface area contributed by atoms with E-state index in [-0.39, 0.29) is 31.3 Å². The minimum Gasteiger partial charge on any atom is -0.491 e. The van der Waals surface area contributed by atoms with Crippen LogP contribution in [-0.4, -0.2) is 37.1 Å². The zero-order valence-electron chi connectivity index (χ0n) is 13.9. The number of ether oxygens (including phenoxy) is 2. The third-order valence-electron chi connectivity index (χ3n) is 3.85. The summed E-state index contributed by atoms with van der Waals surface area (Å²) in [4.78, 5) is 30.2. The molecule has 2 amide bonds. The Morgan fingerprint density at radius 3 is 3.00 bits per heavy atom. The van der Waals surface area contributed by atoms with E-state index in [4.69, 9.17) is 9.47 Å². The first-order valence-electron chi connectivity index (χ1n) is 7.96. The van der Waals surface area contributed by atoms with Crippen molar-refractivity contribution in [3.8, 4) is 11.6 Å². The molecule has 0 aliphatic carbocycles. The van der Waals surface area contributed by atoms with Gasteiger partial charge in [-0.3, -0.25) is 14.5 Å². The van der Waals surface area contributed by atoms with Crippen LogP contribution in [0.25, 0.3) is 0 Å². The maximum Gasteiger partial charge on any atom is 0.240 e. The number of pyridine rings is 1. The highest BCUT2D eigenvalue weighted by Crippen LogP contribution is 2.30. The Labute approximate surface area is 145 Å². The summed E-state index contributed by atoms with van der Waals surface area (Å²) < 4.78 is 10.7.